The number of halogens is 1. The molecule has 2 aromatic rings. The van der Waals surface area contributed by atoms with Gasteiger partial charge in [-0.3, -0.25) is 39.6 Å². The van der Waals surface area contributed by atoms with E-state index in [1.54, 1.807) is 37.3 Å². The van der Waals surface area contributed by atoms with Crippen molar-refractivity contribution in [1.82, 2.24) is 52.8 Å². The first-order valence-corrected chi connectivity index (χ1v) is 22.8. The monoisotopic (exact) mass is 1050 g/mol. The van der Waals surface area contributed by atoms with E-state index in [1.165, 1.54) is 18.2 Å². The van der Waals surface area contributed by atoms with Gasteiger partial charge in [-0.2, -0.15) is 0 Å². The van der Waals surface area contributed by atoms with Crippen LogP contribution in [-0.2, 0) is 39.9 Å². The normalized spacial score (nSPS) is 32.0. The lowest BCUT2D eigenvalue weighted by Gasteiger charge is -2.46. The third kappa shape index (κ3) is 12.0. The predicted octanol–water partition coefficient (Wildman–Crippen LogP) is -7.73. The minimum Gasteiger partial charge on any atom is -0.507 e. The van der Waals surface area contributed by atoms with Crippen molar-refractivity contribution in [1.29, 1.82) is 10.8 Å². The minimum absolute atomic E-state index is 0.163. The Hall–Kier alpha value is -6.24. The van der Waals surface area contributed by atoms with Gasteiger partial charge >= 0.3 is 0 Å². The molecule has 6 amide bonds. The number of rotatable bonds is 11. The molecule has 15 atom stereocenters. The Bertz CT molecular complexity index is 2280. The first kappa shape index (κ1) is 53.1. The Labute approximate surface area is 407 Å². The molecule has 15 unspecified atom stereocenters. The Morgan fingerprint density at radius 2 is 1.36 bits per heavy atom. The van der Waals surface area contributed by atoms with Crippen LogP contribution in [0.2, 0.25) is 0 Å². The smallest absolute Gasteiger partial charge is 0.246 e. The summed E-state index contributed by atoms with van der Waals surface area (Å²) >= 11 is 3.22. The highest BCUT2D eigenvalue weighted by atomic mass is 79.9. The Kier molecular flexibility index (Phi) is 17.5. The zero-order valence-electron chi connectivity index (χ0n) is 37.3. The van der Waals surface area contributed by atoms with Gasteiger partial charge < -0.3 is 98.3 Å². The van der Waals surface area contributed by atoms with Crippen molar-refractivity contribution in [2.45, 2.75) is 104 Å². The summed E-state index contributed by atoms with van der Waals surface area (Å²) in [6, 6.07) is 0.532. The van der Waals surface area contributed by atoms with Gasteiger partial charge in [0, 0.05) is 25.4 Å². The zero-order valence-corrected chi connectivity index (χ0v) is 38.9. The van der Waals surface area contributed by atoms with E-state index in [1.807, 2.05) is 0 Å². The third-order valence-electron chi connectivity index (χ3n) is 12.5. The number of amides is 6. The molecular formula is C42H57BrN12O15. The third-order valence-corrected chi connectivity index (χ3v) is 13.1. The van der Waals surface area contributed by atoms with Gasteiger partial charge in [0.25, 0.3) is 0 Å². The lowest BCUT2D eigenvalue weighted by Crippen LogP contribution is -2.69. The van der Waals surface area contributed by atoms with Crippen molar-refractivity contribution in [2.24, 2.45) is 0 Å². The summed E-state index contributed by atoms with van der Waals surface area (Å²) in [6.45, 7) is -1.82. The SMILES string of the molecule is CC(c1ccccc1)C1NC(=O)CNC(=O)C(CO)NC(=O)C(C(O)C2CNC(=N)N2C2OC(CO)C(O)C(O)C2O)NC(=O)C(C(O)C2CNC(=N)N2)NC(=O)C(Cc2ccc(O)c(Br)c2)NC1=O. The van der Waals surface area contributed by atoms with Crippen molar-refractivity contribution in [3.8, 4) is 5.75 Å². The second kappa shape index (κ2) is 23.1. The van der Waals surface area contributed by atoms with E-state index in [2.05, 4.69) is 63.8 Å². The van der Waals surface area contributed by atoms with Crippen LogP contribution < -0.4 is 47.9 Å². The fraction of sp³-hybridized carbons (Fsp3) is 0.524. The molecule has 6 rings (SSSR count). The highest BCUT2D eigenvalue weighted by Crippen LogP contribution is 2.29. The lowest BCUT2D eigenvalue weighted by molar-refractivity contribution is -0.260. The van der Waals surface area contributed by atoms with E-state index in [9.17, 15) is 69.6 Å². The number of phenols is 1. The molecule has 0 aliphatic carbocycles. The largest absolute Gasteiger partial charge is 0.507 e. The average Bonchev–Trinajstić information content (AvgIpc) is 3.96. The van der Waals surface area contributed by atoms with Crippen molar-refractivity contribution in [3.05, 3.63) is 64.1 Å². The molecule has 4 aliphatic rings. The summed E-state index contributed by atoms with van der Waals surface area (Å²) in [6.07, 6.45) is -13.6. The number of guanidine groups is 2. The molecule has 4 heterocycles. The average molecular weight is 1050 g/mol. The van der Waals surface area contributed by atoms with Crippen LogP contribution in [0.4, 0.5) is 0 Å². The highest BCUT2D eigenvalue weighted by molar-refractivity contribution is 9.10. The van der Waals surface area contributed by atoms with Crippen molar-refractivity contribution in [3.63, 3.8) is 0 Å². The van der Waals surface area contributed by atoms with E-state index in [4.69, 9.17) is 15.6 Å². The molecule has 19 N–H and O–H groups in total. The van der Waals surface area contributed by atoms with Gasteiger partial charge in [0.15, 0.2) is 18.1 Å². The Balaban J connectivity index is 1.42. The van der Waals surface area contributed by atoms with Crippen LogP contribution in [0.15, 0.2) is 53.0 Å². The summed E-state index contributed by atoms with van der Waals surface area (Å²) in [4.78, 5) is 86.2. The maximum atomic E-state index is 14.7. The number of aromatic hydroxyl groups is 1. The number of phenolic OH excluding ortho intramolecular Hbond substituents is 1. The van der Waals surface area contributed by atoms with Gasteiger partial charge in [-0.25, -0.2) is 0 Å². The second-order valence-corrected chi connectivity index (χ2v) is 18.0. The van der Waals surface area contributed by atoms with Gasteiger partial charge in [0.1, 0.15) is 72.6 Å². The molecule has 0 spiro atoms. The van der Waals surface area contributed by atoms with Crippen molar-refractivity contribution in [2.75, 3.05) is 32.8 Å². The summed E-state index contributed by atoms with van der Waals surface area (Å²) in [5.74, 6) is -8.70. The molecule has 28 heteroatoms. The van der Waals surface area contributed by atoms with Crippen LogP contribution in [0.5, 0.6) is 5.75 Å². The maximum absolute atomic E-state index is 14.7. The number of nitrogens with zero attached hydrogens (tertiary/aromatic N) is 1. The van der Waals surface area contributed by atoms with Crippen LogP contribution in [-0.4, -0.2) is 211 Å². The highest BCUT2D eigenvalue weighted by Gasteiger charge is 2.53. The van der Waals surface area contributed by atoms with Crippen LogP contribution in [0.25, 0.3) is 0 Å². The molecule has 27 nitrogen and oxygen atoms in total. The predicted molar refractivity (Wildman–Crippen MR) is 244 cm³/mol. The fourth-order valence-electron chi connectivity index (χ4n) is 8.46. The van der Waals surface area contributed by atoms with E-state index in [0.717, 1.165) is 4.90 Å². The zero-order chi connectivity index (χ0) is 51.1. The molecular weight excluding hydrogens is 992 g/mol. The summed E-state index contributed by atoms with van der Waals surface area (Å²) in [5, 5.41) is 125. The molecule has 0 radical (unpaired) electrons. The van der Waals surface area contributed by atoms with E-state index in [-0.39, 0.29) is 29.1 Å². The van der Waals surface area contributed by atoms with Crippen LogP contribution >= 0.6 is 15.9 Å². The molecule has 382 valence electrons. The molecule has 0 saturated carbocycles. The van der Waals surface area contributed by atoms with Gasteiger partial charge in [-0.15, -0.1) is 0 Å². The number of carbonyl (C=O) groups excluding carboxylic acids is 6. The van der Waals surface area contributed by atoms with Crippen LogP contribution in [0.3, 0.4) is 0 Å². The van der Waals surface area contributed by atoms with Gasteiger partial charge in [0.2, 0.25) is 35.4 Å². The van der Waals surface area contributed by atoms with Crippen LogP contribution in [0, 0.1) is 10.8 Å². The Morgan fingerprint density at radius 1 is 0.714 bits per heavy atom. The van der Waals surface area contributed by atoms with E-state index in [0.29, 0.717) is 11.1 Å². The Morgan fingerprint density at radius 3 is 2.00 bits per heavy atom. The lowest BCUT2D eigenvalue weighted by atomic mass is 9.92. The summed E-state index contributed by atoms with van der Waals surface area (Å²) in [7, 11) is 0. The number of carbonyl (C=O) groups is 6. The first-order chi connectivity index (χ1) is 33.2. The summed E-state index contributed by atoms with van der Waals surface area (Å²) < 4.78 is 5.85. The number of nitrogens with one attached hydrogen (secondary N) is 11. The molecule has 0 bridgehead atoms. The topological polar surface area (TPSA) is 433 Å². The molecule has 0 aromatic heterocycles. The quantitative estimate of drug-likeness (QED) is 0.0994. The molecule has 4 fully saturated rings. The van der Waals surface area contributed by atoms with E-state index < -0.39 is 159 Å². The molecule has 4 saturated heterocycles. The van der Waals surface area contributed by atoms with Crippen molar-refractivity contribution < 1.29 is 74.4 Å². The number of aliphatic hydroxyl groups is 7. The van der Waals surface area contributed by atoms with E-state index >= 15 is 0 Å². The molecule has 2 aromatic carbocycles. The van der Waals surface area contributed by atoms with Gasteiger partial charge in [0.05, 0.1) is 36.3 Å². The van der Waals surface area contributed by atoms with Crippen molar-refractivity contribution >= 4 is 63.3 Å². The fourth-order valence-corrected chi connectivity index (χ4v) is 8.89. The standard InChI is InChI=1S/C42H57BrN12O15/c1-16(18-5-3-2-4-6-18)27-37(67)49-20(10-17-7-8-24(58)19(43)9-17)36(66)53-28(30(60)21-11-47-41(44)51-21)39(69)54-29(38(68)50-22(14-56)35(65)46-13-26(59)52-27)31(61)23-12-48-42(45)55(23)40-34(64)33(63)32(62)25(15-57)70-40/h2-9,16,20-23,25,27-34,40,56-58,60-64H,10-15H2,1H3,(H2,45,48)(H,46,65)(H,49,67)(H,50,68)(H,52,59)(H,53,66)(H,54,69)(H3,44,47,51). The number of hydrogen-bond acceptors (Lipinski definition) is 17. The maximum Gasteiger partial charge on any atom is 0.246 e. The molecule has 70 heavy (non-hydrogen) atoms. The minimum atomic E-state index is -2.27. The van der Waals surface area contributed by atoms with Gasteiger partial charge in [-0.05, 0) is 39.2 Å². The van der Waals surface area contributed by atoms with Crippen LogP contribution in [0.1, 0.15) is 24.0 Å². The summed E-state index contributed by atoms with van der Waals surface area (Å²) in [5.41, 5.74) is 0.920. The van der Waals surface area contributed by atoms with Gasteiger partial charge in [-0.1, -0.05) is 43.3 Å². The second-order valence-electron chi connectivity index (χ2n) is 17.1. The first-order valence-electron chi connectivity index (χ1n) is 22.0. The number of ether oxygens (including phenoxy) is 1. The molecule has 4 aliphatic heterocycles. The number of aliphatic hydroxyl groups excluding tert-OH is 7. The number of hydrogen-bond donors (Lipinski definition) is 19. The number of benzene rings is 2.